The molecule has 0 aromatic carbocycles. The minimum Gasteiger partial charge on any atom is -0.481 e. The van der Waals surface area contributed by atoms with Gasteiger partial charge in [-0.25, -0.2) is 4.98 Å². The molecule has 0 aliphatic rings. The average molecular weight is 194 g/mol. The van der Waals surface area contributed by atoms with Crippen LogP contribution in [0.15, 0.2) is 18.2 Å². The van der Waals surface area contributed by atoms with E-state index >= 15 is 0 Å². The van der Waals surface area contributed by atoms with Gasteiger partial charge in [0, 0.05) is 23.7 Å². The largest absolute Gasteiger partial charge is 0.481 e. The van der Waals surface area contributed by atoms with Crippen LogP contribution in [0.25, 0.3) is 0 Å². The summed E-state index contributed by atoms with van der Waals surface area (Å²) in [6, 6.07) is 6.27. The second kappa shape index (κ2) is 4.96. The summed E-state index contributed by atoms with van der Waals surface area (Å²) in [6.07, 6.45) is 0. The number of methoxy groups -OCH3 is 1. The molecule has 1 N–H and O–H groups in total. The SMILES string of the molecule is CNC(C)C(C)c1cccc(OC)n1. The molecule has 0 fully saturated rings. The second-order valence-electron chi connectivity index (χ2n) is 3.47. The fourth-order valence-corrected chi connectivity index (χ4v) is 1.30. The van der Waals surface area contributed by atoms with Crippen molar-refractivity contribution in [2.45, 2.75) is 25.8 Å². The van der Waals surface area contributed by atoms with Gasteiger partial charge in [-0.15, -0.1) is 0 Å². The standard InChI is InChI=1S/C11H18N2O/c1-8(9(2)12-3)10-6-5-7-11(13-10)14-4/h5-9,12H,1-4H3. The first kappa shape index (κ1) is 11.0. The van der Waals surface area contributed by atoms with Crippen molar-refractivity contribution >= 4 is 0 Å². The van der Waals surface area contributed by atoms with Gasteiger partial charge in [0.1, 0.15) is 0 Å². The van der Waals surface area contributed by atoms with Gasteiger partial charge in [0.15, 0.2) is 0 Å². The van der Waals surface area contributed by atoms with Crippen molar-refractivity contribution in [3.05, 3.63) is 23.9 Å². The zero-order chi connectivity index (χ0) is 10.6. The van der Waals surface area contributed by atoms with E-state index in [1.807, 2.05) is 25.2 Å². The molecule has 1 heterocycles. The number of nitrogens with one attached hydrogen (secondary N) is 1. The Morgan fingerprint density at radius 3 is 2.64 bits per heavy atom. The van der Waals surface area contributed by atoms with Crippen LogP contribution in [0.1, 0.15) is 25.5 Å². The van der Waals surface area contributed by atoms with E-state index < -0.39 is 0 Å². The van der Waals surface area contributed by atoms with E-state index in [9.17, 15) is 0 Å². The predicted octanol–water partition coefficient (Wildman–Crippen LogP) is 1.80. The Bertz CT molecular complexity index is 288. The maximum atomic E-state index is 5.09. The van der Waals surface area contributed by atoms with E-state index in [4.69, 9.17) is 4.74 Å². The molecule has 3 nitrogen and oxygen atoms in total. The summed E-state index contributed by atoms with van der Waals surface area (Å²) in [6.45, 7) is 4.30. The van der Waals surface area contributed by atoms with Gasteiger partial charge >= 0.3 is 0 Å². The Morgan fingerprint density at radius 2 is 2.07 bits per heavy atom. The first-order valence-corrected chi connectivity index (χ1v) is 4.87. The smallest absolute Gasteiger partial charge is 0.213 e. The van der Waals surface area contributed by atoms with Crippen molar-refractivity contribution in [2.24, 2.45) is 0 Å². The quantitative estimate of drug-likeness (QED) is 0.793. The molecule has 0 saturated carbocycles. The van der Waals surface area contributed by atoms with E-state index in [0.29, 0.717) is 17.8 Å². The topological polar surface area (TPSA) is 34.1 Å². The summed E-state index contributed by atoms with van der Waals surface area (Å²) in [5.41, 5.74) is 1.06. The van der Waals surface area contributed by atoms with Gasteiger partial charge in [-0.2, -0.15) is 0 Å². The van der Waals surface area contributed by atoms with E-state index in [1.165, 1.54) is 0 Å². The Balaban J connectivity index is 2.83. The Labute approximate surface area is 85.5 Å². The van der Waals surface area contributed by atoms with E-state index in [-0.39, 0.29) is 0 Å². The van der Waals surface area contributed by atoms with Crippen molar-refractivity contribution < 1.29 is 4.74 Å². The molecular weight excluding hydrogens is 176 g/mol. The van der Waals surface area contributed by atoms with Crippen molar-refractivity contribution in [1.29, 1.82) is 0 Å². The maximum absolute atomic E-state index is 5.09. The third-order valence-corrected chi connectivity index (χ3v) is 2.63. The summed E-state index contributed by atoms with van der Waals surface area (Å²) >= 11 is 0. The monoisotopic (exact) mass is 194 g/mol. The highest BCUT2D eigenvalue weighted by Gasteiger charge is 2.13. The zero-order valence-corrected chi connectivity index (χ0v) is 9.24. The summed E-state index contributed by atoms with van der Waals surface area (Å²) < 4.78 is 5.09. The van der Waals surface area contributed by atoms with Crippen molar-refractivity contribution in [3.63, 3.8) is 0 Å². The molecular formula is C11H18N2O. The lowest BCUT2D eigenvalue weighted by molar-refractivity contribution is 0.393. The number of likely N-dealkylation sites (N-methyl/N-ethyl adjacent to an activating group) is 1. The van der Waals surface area contributed by atoms with Gasteiger partial charge in [-0.1, -0.05) is 13.0 Å². The summed E-state index contributed by atoms with van der Waals surface area (Å²) in [5.74, 6) is 1.06. The first-order chi connectivity index (χ1) is 6.69. The van der Waals surface area contributed by atoms with Crippen LogP contribution in [0.5, 0.6) is 5.88 Å². The number of ether oxygens (including phenoxy) is 1. The number of pyridine rings is 1. The highest BCUT2D eigenvalue weighted by atomic mass is 16.5. The number of nitrogens with zero attached hydrogens (tertiary/aromatic N) is 1. The molecule has 0 saturated heterocycles. The summed E-state index contributed by atoms with van der Waals surface area (Å²) in [7, 11) is 3.60. The number of aromatic nitrogens is 1. The Hall–Kier alpha value is -1.09. The highest BCUT2D eigenvalue weighted by Crippen LogP contribution is 2.18. The lowest BCUT2D eigenvalue weighted by Crippen LogP contribution is -2.27. The number of rotatable bonds is 4. The number of hydrogen-bond donors (Lipinski definition) is 1. The third kappa shape index (κ3) is 2.45. The molecule has 1 aromatic heterocycles. The molecule has 0 amide bonds. The van der Waals surface area contributed by atoms with Crippen LogP contribution in [0, 0.1) is 0 Å². The lowest BCUT2D eigenvalue weighted by atomic mass is 9.99. The highest BCUT2D eigenvalue weighted by molar-refractivity contribution is 5.19. The second-order valence-corrected chi connectivity index (χ2v) is 3.47. The Kier molecular flexibility index (Phi) is 3.89. The lowest BCUT2D eigenvalue weighted by Gasteiger charge is -2.18. The average Bonchev–Trinajstić information content (AvgIpc) is 2.27. The first-order valence-electron chi connectivity index (χ1n) is 4.87. The van der Waals surface area contributed by atoms with E-state index in [2.05, 4.69) is 24.1 Å². The number of hydrogen-bond acceptors (Lipinski definition) is 3. The molecule has 3 heteroatoms. The molecule has 1 aromatic rings. The van der Waals surface area contributed by atoms with Crippen LogP contribution in [0.4, 0.5) is 0 Å². The molecule has 0 aliphatic carbocycles. The van der Waals surface area contributed by atoms with Crippen LogP contribution < -0.4 is 10.1 Å². The molecule has 0 bridgehead atoms. The molecule has 14 heavy (non-hydrogen) atoms. The van der Waals surface area contributed by atoms with Gasteiger partial charge < -0.3 is 10.1 Å². The minimum absolute atomic E-state index is 0.384. The molecule has 0 aliphatic heterocycles. The molecule has 2 atom stereocenters. The maximum Gasteiger partial charge on any atom is 0.213 e. The zero-order valence-electron chi connectivity index (χ0n) is 9.24. The van der Waals surface area contributed by atoms with Crippen LogP contribution in [-0.4, -0.2) is 25.2 Å². The van der Waals surface area contributed by atoms with Gasteiger partial charge in [0.05, 0.1) is 7.11 Å². The van der Waals surface area contributed by atoms with Gasteiger partial charge in [-0.05, 0) is 20.0 Å². The van der Waals surface area contributed by atoms with Crippen LogP contribution in [-0.2, 0) is 0 Å². The molecule has 78 valence electrons. The van der Waals surface area contributed by atoms with Gasteiger partial charge in [-0.3, -0.25) is 0 Å². The van der Waals surface area contributed by atoms with Gasteiger partial charge in [0.25, 0.3) is 0 Å². The fraction of sp³-hybridized carbons (Fsp3) is 0.545. The normalized spacial score (nSPS) is 14.9. The van der Waals surface area contributed by atoms with Crippen LogP contribution in [0.2, 0.25) is 0 Å². The molecule has 1 rings (SSSR count). The third-order valence-electron chi connectivity index (χ3n) is 2.63. The van der Waals surface area contributed by atoms with Crippen LogP contribution >= 0.6 is 0 Å². The van der Waals surface area contributed by atoms with Gasteiger partial charge in [0.2, 0.25) is 5.88 Å². The predicted molar refractivity (Wildman–Crippen MR) is 57.7 cm³/mol. The van der Waals surface area contributed by atoms with E-state index in [1.54, 1.807) is 7.11 Å². The Morgan fingerprint density at radius 1 is 1.36 bits per heavy atom. The van der Waals surface area contributed by atoms with Crippen molar-refractivity contribution in [3.8, 4) is 5.88 Å². The van der Waals surface area contributed by atoms with Crippen molar-refractivity contribution in [2.75, 3.05) is 14.2 Å². The summed E-state index contributed by atoms with van der Waals surface area (Å²) in [5, 5.41) is 3.22. The van der Waals surface area contributed by atoms with Crippen LogP contribution in [0.3, 0.4) is 0 Å². The molecule has 0 spiro atoms. The molecule has 2 unspecified atom stereocenters. The summed E-state index contributed by atoms with van der Waals surface area (Å²) in [4.78, 5) is 4.40. The minimum atomic E-state index is 0.384. The van der Waals surface area contributed by atoms with E-state index in [0.717, 1.165) is 5.69 Å². The van der Waals surface area contributed by atoms with Crippen molar-refractivity contribution in [1.82, 2.24) is 10.3 Å². The fourth-order valence-electron chi connectivity index (χ4n) is 1.30. The molecule has 0 radical (unpaired) electrons.